The highest BCUT2D eigenvalue weighted by Crippen LogP contribution is 2.27. The van der Waals surface area contributed by atoms with Crippen LogP contribution in [0.4, 0.5) is 11.4 Å². The van der Waals surface area contributed by atoms with Crippen LogP contribution < -0.4 is 0 Å². The number of nitrogens with zero attached hydrogens (tertiary/aromatic N) is 2. The second-order valence-electron chi connectivity index (χ2n) is 6.51. The first-order valence-corrected chi connectivity index (χ1v) is 8.59. The van der Waals surface area contributed by atoms with Crippen molar-refractivity contribution >= 4 is 22.3 Å². The van der Waals surface area contributed by atoms with Gasteiger partial charge in [-0.2, -0.15) is 0 Å². The largest absolute Gasteiger partial charge is 0.355 e. The quantitative estimate of drug-likeness (QED) is 0.381. The lowest BCUT2D eigenvalue weighted by atomic mass is 10.0. The Morgan fingerprint density at radius 3 is 1.89 bits per heavy atom. The SMILES string of the molecule is O=[N+]([O-])c1ccc(Cc2ccc(-c3cc4cc([N+](=O)[O-])ccc4[nH]3)cc2)cc1. The maximum absolute atomic E-state index is 10.9. The van der Waals surface area contributed by atoms with Gasteiger partial charge in [-0.3, -0.25) is 20.2 Å². The molecule has 3 aromatic carbocycles. The number of non-ortho nitro benzene ring substituents is 2. The molecule has 7 nitrogen and oxygen atoms in total. The van der Waals surface area contributed by atoms with Crippen LogP contribution in [-0.2, 0) is 6.42 Å². The molecule has 0 fully saturated rings. The summed E-state index contributed by atoms with van der Waals surface area (Å²) in [5, 5.41) is 22.4. The van der Waals surface area contributed by atoms with Gasteiger partial charge in [-0.1, -0.05) is 36.4 Å². The van der Waals surface area contributed by atoms with E-state index in [1.807, 2.05) is 30.3 Å². The summed E-state index contributed by atoms with van der Waals surface area (Å²) in [6.07, 6.45) is 0.678. The zero-order valence-electron chi connectivity index (χ0n) is 14.7. The van der Waals surface area contributed by atoms with Gasteiger partial charge in [0.1, 0.15) is 0 Å². The van der Waals surface area contributed by atoms with Gasteiger partial charge < -0.3 is 4.98 Å². The number of nitro groups is 2. The summed E-state index contributed by atoms with van der Waals surface area (Å²) in [7, 11) is 0. The summed E-state index contributed by atoms with van der Waals surface area (Å²) in [5.74, 6) is 0. The van der Waals surface area contributed by atoms with E-state index in [9.17, 15) is 20.2 Å². The van der Waals surface area contributed by atoms with Crippen molar-refractivity contribution in [2.24, 2.45) is 0 Å². The molecule has 7 heteroatoms. The maximum Gasteiger partial charge on any atom is 0.270 e. The van der Waals surface area contributed by atoms with E-state index in [0.717, 1.165) is 33.3 Å². The summed E-state index contributed by atoms with van der Waals surface area (Å²) in [4.78, 5) is 24.1. The second-order valence-corrected chi connectivity index (χ2v) is 6.51. The van der Waals surface area contributed by atoms with Crippen LogP contribution in [0.15, 0.2) is 72.8 Å². The summed E-state index contributed by atoms with van der Waals surface area (Å²) >= 11 is 0. The average Bonchev–Trinajstić information content (AvgIpc) is 3.12. The van der Waals surface area contributed by atoms with Gasteiger partial charge in [0.15, 0.2) is 0 Å². The summed E-state index contributed by atoms with van der Waals surface area (Å²) < 4.78 is 0. The summed E-state index contributed by atoms with van der Waals surface area (Å²) in [5.41, 5.74) is 4.94. The molecule has 28 heavy (non-hydrogen) atoms. The molecule has 1 heterocycles. The molecule has 0 saturated heterocycles. The predicted octanol–water partition coefficient (Wildman–Crippen LogP) is 5.24. The first kappa shape index (κ1) is 17.4. The fourth-order valence-corrected chi connectivity index (χ4v) is 3.16. The molecule has 0 saturated carbocycles. The van der Waals surface area contributed by atoms with E-state index < -0.39 is 9.85 Å². The number of H-pyrrole nitrogens is 1. The lowest BCUT2D eigenvalue weighted by Gasteiger charge is -2.04. The normalized spacial score (nSPS) is 10.9. The van der Waals surface area contributed by atoms with Crippen molar-refractivity contribution in [3.05, 3.63) is 104 Å². The number of aromatic amines is 1. The molecule has 138 valence electrons. The molecule has 0 aliphatic carbocycles. The van der Waals surface area contributed by atoms with E-state index in [1.165, 1.54) is 18.2 Å². The number of benzene rings is 3. The van der Waals surface area contributed by atoms with Crippen molar-refractivity contribution in [1.82, 2.24) is 4.98 Å². The van der Waals surface area contributed by atoms with Gasteiger partial charge in [0.2, 0.25) is 0 Å². The molecule has 4 rings (SSSR count). The summed E-state index contributed by atoms with van der Waals surface area (Å²) in [6.45, 7) is 0. The van der Waals surface area contributed by atoms with Crippen LogP contribution >= 0.6 is 0 Å². The molecule has 4 aromatic rings. The highest BCUT2D eigenvalue weighted by atomic mass is 16.6. The summed E-state index contributed by atoms with van der Waals surface area (Å²) in [6, 6.07) is 21.2. The molecule has 1 aromatic heterocycles. The molecule has 0 spiro atoms. The van der Waals surface area contributed by atoms with Crippen LogP contribution in [0.25, 0.3) is 22.2 Å². The number of hydrogen-bond acceptors (Lipinski definition) is 4. The predicted molar refractivity (Wildman–Crippen MR) is 106 cm³/mol. The van der Waals surface area contributed by atoms with Gasteiger partial charge in [0, 0.05) is 40.9 Å². The fraction of sp³-hybridized carbons (Fsp3) is 0.0476. The minimum atomic E-state index is -0.409. The van der Waals surface area contributed by atoms with Gasteiger partial charge >= 0.3 is 0 Å². The number of fused-ring (bicyclic) bond motifs is 1. The Bertz CT molecular complexity index is 1180. The Hall–Kier alpha value is -4.00. The molecular formula is C21H15N3O4. The van der Waals surface area contributed by atoms with Crippen LogP contribution in [0.5, 0.6) is 0 Å². The number of hydrogen-bond donors (Lipinski definition) is 1. The fourth-order valence-electron chi connectivity index (χ4n) is 3.16. The maximum atomic E-state index is 10.9. The van der Waals surface area contributed by atoms with E-state index in [2.05, 4.69) is 4.98 Å². The first-order valence-electron chi connectivity index (χ1n) is 8.59. The van der Waals surface area contributed by atoms with E-state index in [1.54, 1.807) is 24.3 Å². The molecule has 0 aliphatic heterocycles. The molecule has 1 N–H and O–H groups in total. The Balaban J connectivity index is 1.55. The Morgan fingerprint density at radius 2 is 1.29 bits per heavy atom. The third-order valence-corrected chi connectivity index (χ3v) is 4.64. The van der Waals surface area contributed by atoms with Crippen LogP contribution in [0.1, 0.15) is 11.1 Å². The average molecular weight is 373 g/mol. The number of aromatic nitrogens is 1. The van der Waals surface area contributed by atoms with Crippen molar-refractivity contribution in [2.75, 3.05) is 0 Å². The minimum Gasteiger partial charge on any atom is -0.355 e. The van der Waals surface area contributed by atoms with Gasteiger partial charge in [-0.15, -0.1) is 0 Å². The van der Waals surface area contributed by atoms with Crippen molar-refractivity contribution in [2.45, 2.75) is 6.42 Å². The Labute approximate surface area is 159 Å². The second kappa shape index (κ2) is 6.96. The monoisotopic (exact) mass is 373 g/mol. The third kappa shape index (κ3) is 3.45. The van der Waals surface area contributed by atoms with Gasteiger partial charge in [0.25, 0.3) is 11.4 Å². The minimum absolute atomic E-state index is 0.0662. The number of nitrogens with one attached hydrogen (secondary N) is 1. The van der Waals surface area contributed by atoms with Crippen LogP contribution in [-0.4, -0.2) is 14.8 Å². The topological polar surface area (TPSA) is 102 Å². The highest BCUT2D eigenvalue weighted by molar-refractivity contribution is 5.87. The molecular weight excluding hydrogens is 358 g/mol. The van der Waals surface area contributed by atoms with Crippen LogP contribution in [0, 0.1) is 20.2 Å². The van der Waals surface area contributed by atoms with E-state index in [0.29, 0.717) is 6.42 Å². The van der Waals surface area contributed by atoms with Crippen molar-refractivity contribution in [1.29, 1.82) is 0 Å². The Kier molecular flexibility index (Phi) is 4.33. The standard InChI is InChI=1S/C21H15N3O4/c25-23(26)18-7-3-15(4-8-18)11-14-1-5-16(6-2-14)21-13-17-12-19(24(27)28)9-10-20(17)22-21/h1-10,12-13,22H,11H2. The molecule has 0 bridgehead atoms. The van der Waals surface area contributed by atoms with E-state index in [4.69, 9.17) is 0 Å². The molecule has 0 atom stereocenters. The number of nitro benzene ring substituents is 2. The zero-order chi connectivity index (χ0) is 19.7. The van der Waals surface area contributed by atoms with Crippen LogP contribution in [0.2, 0.25) is 0 Å². The molecule has 0 unspecified atom stereocenters. The molecule has 0 amide bonds. The zero-order valence-corrected chi connectivity index (χ0v) is 14.7. The van der Waals surface area contributed by atoms with Gasteiger partial charge in [0.05, 0.1) is 9.85 Å². The first-order chi connectivity index (χ1) is 13.5. The molecule has 0 aliphatic rings. The lowest BCUT2D eigenvalue weighted by molar-refractivity contribution is -0.385. The van der Waals surface area contributed by atoms with Gasteiger partial charge in [-0.05, 0) is 35.2 Å². The van der Waals surface area contributed by atoms with Crippen molar-refractivity contribution in [3.63, 3.8) is 0 Å². The van der Waals surface area contributed by atoms with Crippen molar-refractivity contribution < 1.29 is 9.85 Å². The number of rotatable bonds is 5. The smallest absolute Gasteiger partial charge is 0.270 e. The Morgan fingerprint density at radius 1 is 0.714 bits per heavy atom. The van der Waals surface area contributed by atoms with E-state index in [-0.39, 0.29) is 11.4 Å². The van der Waals surface area contributed by atoms with Crippen LogP contribution in [0.3, 0.4) is 0 Å². The molecule has 0 radical (unpaired) electrons. The lowest BCUT2D eigenvalue weighted by Crippen LogP contribution is -1.91. The van der Waals surface area contributed by atoms with Crippen molar-refractivity contribution in [3.8, 4) is 11.3 Å². The van der Waals surface area contributed by atoms with E-state index >= 15 is 0 Å². The van der Waals surface area contributed by atoms with Gasteiger partial charge in [-0.25, -0.2) is 0 Å². The highest BCUT2D eigenvalue weighted by Gasteiger charge is 2.10. The third-order valence-electron chi connectivity index (χ3n) is 4.64.